The van der Waals surface area contributed by atoms with Crippen molar-refractivity contribution in [2.75, 3.05) is 17.2 Å². The molecular formula is C16H21BrN4. The lowest BCUT2D eigenvalue weighted by atomic mass is 10.2. The highest BCUT2D eigenvalue weighted by atomic mass is 79.9. The van der Waals surface area contributed by atoms with Gasteiger partial charge in [0, 0.05) is 29.5 Å². The summed E-state index contributed by atoms with van der Waals surface area (Å²) in [5.74, 6) is 2.67. The number of nitrogens with zero attached hydrogens (tertiary/aromatic N) is 2. The Morgan fingerprint density at radius 2 is 1.71 bits per heavy atom. The molecule has 0 saturated carbocycles. The molecule has 21 heavy (non-hydrogen) atoms. The van der Waals surface area contributed by atoms with E-state index in [4.69, 9.17) is 0 Å². The maximum Gasteiger partial charge on any atom is 0.135 e. The number of nitrogens with one attached hydrogen (secondary N) is 2. The Balaban J connectivity index is 2.22. The van der Waals surface area contributed by atoms with Crippen molar-refractivity contribution in [3.8, 4) is 0 Å². The van der Waals surface area contributed by atoms with Gasteiger partial charge in [0.05, 0.1) is 0 Å². The van der Waals surface area contributed by atoms with Gasteiger partial charge in [-0.2, -0.15) is 0 Å². The van der Waals surface area contributed by atoms with Crippen molar-refractivity contribution in [1.82, 2.24) is 9.97 Å². The van der Waals surface area contributed by atoms with Crippen molar-refractivity contribution in [3.05, 3.63) is 45.7 Å². The molecule has 0 aliphatic carbocycles. The Kier molecular flexibility index (Phi) is 5.56. The second-order valence-corrected chi connectivity index (χ2v) is 5.65. The number of halogens is 1. The molecule has 0 aliphatic heterocycles. The third-order valence-electron chi connectivity index (χ3n) is 3.26. The molecule has 2 rings (SSSR count). The quantitative estimate of drug-likeness (QED) is 0.822. The van der Waals surface area contributed by atoms with Crippen molar-refractivity contribution in [3.63, 3.8) is 0 Å². The van der Waals surface area contributed by atoms with Gasteiger partial charge in [0.15, 0.2) is 0 Å². The zero-order chi connectivity index (χ0) is 15.2. The Labute approximate surface area is 134 Å². The molecule has 1 aromatic heterocycles. The van der Waals surface area contributed by atoms with E-state index < -0.39 is 0 Å². The molecular weight excluding hydrogens is 328 g/mol. The van der Waals surface area contributed by atoms with E-state index in [1.165, 1.54) is 5.56 Å². The van der Waals surface area contributed by atoms with E-state index in [1.807, 2.05) is 25.1 Å². The summed E-state index contributed by atoms with van der Waals surface area (Å²) in [6.07, 6.45) is 0.822. The molecule has 0 unspecified atom stereocenters. The van der Waals surface area contributed by atoms with Crippen LogP contribution in [-0.2, 0) is 13.0 Å². The topological polar surface area (TPSA) is 49.8 Å². The van der Waals surface area contributed by atoms with Crippen molar-refractivity contribution in [2.24, 2.45) is 0 Å². The smallest absolute Gasteiger partial charge is 0.135 e. The van der Waals surface area contributed by atoms with Gasteiger partial charge in [-0.3, -0.25) is 0 Å². The first-order valence-corrected chi connectivity index (χ1v) is 8.03. The van der Waals surface area contributed by atoms with E-state index in [0.717, 1.165) is 47.0 Å². The summed E-state index contributed by atoms with van der Waals surface area (Å²) in [6.45, 7) is 7.76. The fraction of sp³-hybridized carbons (Fsp3) is 0.375. The number of anilines is 2. The van der Waals surface area contributed by atoms with E-state index >= 15 is 0 Å². The zero-order valence-corrected chi connectivity index (χ0v) is 14.3. The zero-order valence-electron chi connectivity index (χ0n) is 12.7. The van der Waals surface area contributed by atoms with Crippen molar-refractivity contribution in [1.29, 1.82) is 0 Å². The van der Waals surface area contributed by atoms with Crippen LogP contribution in [0.2, 0.25) is 0 Å². The lowest BCUT2D eigenvalue weighted by Gasteiger charge is -2.14. The van der Waals surface area contributed by atoms with Crippen LogP contribution in [-0.4, -0.2) is 16.5 Å². The van der Waals surface area contributed by atoms with Gasteiger partial charge in [0.25, 0.3) is 0 Å². The Bertz CT molecular complexity index is 613. The van der Waals surface area contributed by atoms with Gasteiger partial charge in [-0.25, -0.2) is 9.97 Å². The molecule has 0 amide bonds. The van der Waals surface area contributed by atoms with Crippen LogP contribution in [0.3, 0.4) is 0 Å². The van der Waals surface area contributed by atoms with Gasteiger partial charge in [-0.1, -0.05) is 41.1 Å². The second-order valence-electron chi connectivity index (χ2n) is 4.79. The van der Waals surface area contributed by atoms with Crippen LogP contribution in [0.4, 0.5) is 11.6 Å². The normalized spacial score (nSPS) is 10.5. The van der Waals surface area contributed by atoms with Crippen LogP contribution >= 0.6 is 15.9 Å². The molecule has 0 aliphatic rings. The molecule has 2 N–H and O–H groups in total. The molecule has 0 spiro atoms. The van der Waals surface area contributed by atoms with Crippen LogP contribution < -0.4 is 10.6 Å². The van der Waals surface area contributed by atoms with Gasteiger partial charge in [-0.15, -0.1) is 0 Å². The summed E-state index contributed by atoms with van der Waals surface area (Å²) in [4.78, 5) is 9.14. The summed E-state index contributed by atoms with van der Waals surface area (Å²) < 4.78 is 1.10. The Morgan fingerprint density at radius 1 is 1.05 bits per heavy atom. The number of hydrogen-bond acceptors (Lipinski definition) is 4. The maximum absolute atomic E-state index is 4.60. The summed E-state index contributed by atoms with van der Waals surface area (Å²) in [7, 11) is 0. The molecule has 0 radical (unpaired) electrons. The largest absolute Gasteiger partial charge is 0.370 e. The van der Waals surface area contributed by atoms with E-state index in [9.17, 15) is 0 Å². The lowest BCUT2D eigenvalue weighted by Crippen LogP contribution is -2.11. The first-order valence-electron chi connectivity index (χ1n) is 7.24. The minimum atomic E-state index is 0.730. The first kappa shape index (κ1) is 15.8. The third-order valence-corrected chi connectivity index (χ3v) is 4.03. The van der Waals surface area contributed by atoms with Crippen molar-refractivity contribution in [2.45, 2.75) is 33.7 Å². The van der Waals surface area contributed by atoms with E-state index in [0.29, 0.717) is 0 Å². The summed E-state index contributed by atoms with van der Waals surface area (Å²) in [5, 5.41) is 6.72. The molecule has 0 bridgehead atoms. The minimum Gasteiger partial charge on any atom is -0.370 e. The number of aryl methyl sites for hydroxylation is 1. The minimum absolute atomic E-state index is 0.730. The fourth-order valence-electron chi connectivity index (χ4n) is 2.05. The fourth-order valence-corrected chi connectivity index (χ4v) is 2.48. The van der Waals surface area contributed by atoms with Crippen LogP contribution in [0, 0.1) is 6.92 Å². The van der Waals surface area contributed by atoms with Gasteiger partial charge >= 0.3 is 0 Å². The predicted molar refractivity (Wildman–Crippen MR) is 91.8 cm³/mol. The standard InChI is InChI=1S/C16H21BrN4/c1-4-14-20-15(18-5-2)11(3)16(21-14)19-10-12-8-6-7-9-13(12)17/h6-9H,4-5,10H2,1-3H3,(H2,18,19,20,21). The van der Waals surface area contributed by atoms with E-state index in [1.54, 1.807) is 0 Å². The lowest BCUT2D eigenvalue weighted by molar-refractivity contribution is 0.919. The molecule has 0 saturated heterocycles. The third kappa shape index (κ3) is 3.94. The molecule has 0 fully saturated rings. The van der Waals surface area contributed by atoms with Crippen molar-refractivity contribution < 1.29 is 0 Å². The molecule has 5 heteroatoms. The summed E-state index contributed by atoms with van der Waals surface area (Å²) in [5.41, 5.74) is 2.26. The predicted octanol–water partition coefficient (Wildman–Crippen LogP) is 4.15. The van der Waals surface area contributed by atoms with E-state index in [-0.39, 0.29) is 0 Å². The monoisotopic (exact) mass is 348 g/mol. The highest BCUT2D eigenvalue weighted by molar-refractivity contribution is 9.10. The molecule has 1 aromatic carbocycles. The van der Waals surface area contributed by atoms with Crippen LogP contribution in [0.5, 0.6) is 0 Å². The Hall–Kier alpha value is -1.62. The maximum atomic E-state index is 4.60. The molecule has 4 nitrogen and oxygen atoms in total. The number of rotatable bonds is 6. The van der Waals surface area contributed by atoms with E-state index in [2.05, 4.69) is 56.4 Å². The first-order chi connectivity index (χ1) is 10.2. The Morgan fingerprint density at radius 3 is 2.33 bits per heavy atom. The number of aromatic nitrogens is 2. The second kappa shape index (κ2) is 7.41. The molecule has 2 aromatic rings. The number of benzene rings is 1. The summed E-state index contributed by atoms with van der Waals surface area (Å²) in [6, 6.07) is 8.20. The highest BCUT2D eigenvalue weighted by Gasteiger charge is 2.10. The average Bonchev–Trinajstić information content (AvgIpc) is 2.49. The summed E-state index contributed by atoms with van der Waals surface area (Å²) >= 11 is 3.57. The molecule has 0 atom stereocenters. The molecule has 1 heterocycles. The number of hydrogen-bond donors (Lipinski definition) is 2. The van der Waals surface area contributed by atoms with Gasteiger partial charge in [-0.05, 0) is 25.5 Å². The van der Waals surface area contributed by atoms with Crippen LogP contribution in [0.15, 0.2) is 28.7 Å². The average molecular weight is 349 g/mol. The SMILES string of the molecule is CCNc1nc(CC)nc(NCc2ccccc2Br)c1C. The highest BCUT2D eigenvalue weighted by Crippen LogP contribution is 2.22. The van der Waals surface area contributed by atoms with Crippen molar-refractivity contribution >= 4 is 27.6 Å². The van der Waals surface area contributed by atoms with Gasteiger partial charge in [0.2, 0.25) is 0 Å². The van der Waals surface area contributed by atoms with Gasteiger partial charge in [0.1, 0.15) is 17.5 Å². The molecule has 112 valence electrons. The van der Waals surface area contributed by atoms with Crippen LogP contribution in [0.1, 0.15) is 30.8 Å². The van der Waals surface area contributed by atoms with Gasteiger partial charge < -0.3 is 10.6 Å². The van der Waals surface area contributed by atoms with Crippen LogP contribution in [0.25, 0.3) is 0 Å².